The molecule has 3 aromatic heterocycles. The van der Waals surface area contributed by atoms with Crippen LogP contribution in [0.4, 0.5) is 10.4 Å². The van der Waals surface area contributed by atoms with Gasteiger partial charge in [-0.05, 0) is 63.9 Å². The van der Waals surface area contributed by atoms with Crippen LogP contribution in [0, 0.1) is 19.7 Å². The number of hydrogen-bond donors (Lipinski definition) is 0. The lowest BCUT2D eigenvalue weighted by molar-refractivity contribution is 0.152. The van der Waals surface area contributed by atoms with E-state index in [9.17, 15) is 0 Å². The van der Waals surface area contributed by atoms with E-state index in [0.29, 0.717) is 34.9 Å². The highest BCUT2D eigenvalue weighted by atomic mass is 19.1. The second-order valence-corrected chi connectivity index (χ2v) is 8.93. The Morgan fingerprint density at radius 1 is 1.22 bits per heavy atom. The molecule has 0 bridgehead atoms. The second kappa shape index (κ2) is 7.85. The first-order valence-electron chi connectivity index (χ1n) is 11.2. The quantitative estimate of drug-likeness (QED) is 0.466. The summed E-state index contributed by atoms with van der Waals surface area (Å²) in [6.45, 7) is 10.5. The van der Waals surface area contributed by atoms with Gasteiger partial charge in [0.2, 0.25) is 0 Å². The lowest BCUT2D eigenvalue weighted by atomic mass is 9.97. The van der Waals surface area contributed by atoms with E-state index in [0.717, 1.165) is 42.8 Å². The summed E-state index contributed by atoms with van der Waals surface area (Å²) >= 11 is 0. The van der Waals surface area contributed by atoms with Crippen molar-refractivity contribution in [2.45, 2.75) is 52.6 Å². The molecule has 0 spiro atoms. The molecule has 7 nitrogen and oxygen atoms in total. The Bertz CT molecular complexity index is 1290. The molecule has 1 saturated heterocycles. The number of oxazole rings is 1. The molecular weight excluding hydrogens is 407 g/mol. The minimum atomic E-state index is -0.430. The van der Waals surface area contributed by atoms with Gasteiger partial charge in [-0.15, -0.1) is 0 Å². The van der Waals surface area contributed by atoms with Gasteiger partial charge in [0.05, 0.1) is 17.6 Å². The van der Waals surface area contributed by atoms with Crippen LogP contribution in [0.5, 0.6) is 0 Å². The Labute approximate surface area is 186 Å². The number of benzene rings is 1. The fraction of sp³-hybridized carbons (Fsp3) is 0.458. The van der Waals surface area contributed by atoms with E-state index in [1.807, 2.05) is 39.2 Å². The van der Waals surface area contributed by atoms with Crippen LogP contribution in [0.3, 0.4) is 0 Å². The topological polar surface area (TPSA) is 62.7 Å². The van der Waals surface area contributed by atoms with Gasteiger partial charge in [0.25, 0.3) is 6.01 Å². The summed E-state index contributed by atoms with van der Waals surface area (Å²) in [4.78, 5) is 13.7. The molecule has 0 saturated carbocycles. The van der Waals surface area contributed by atoms with Crippen molar-refractivity contribution in [1.82, 2.24) is 24.5 Å². The van der Waals surface area contributed by atoms with Crippen molar-refractivity contribution in [3.8, 4) is 11.3 Å². The molecule has 1 aliphatic heterocycles. The Hall–Kier alpha value is -3.00. The van der Waals surface area contributed by atoms with Gasteiger partial charge in [-0.3, -0.25) is 0 Å². The third-order valence-corrected chi connectivity index (χ3v) is 6.70. The molecule has 1 aliphatic rings. The number of fused-ring (bicyclic) bond motifs is 2. The van der Waals surface area contributed by atoms with E-state index in [1.54, 1.807) is 4.52 Å². The van der Waals surface area contributed by atoms with E-state index < -0.39 is 5.82 Å². The highest BCUT2D eigenvalue weighted by Gasteiger charge is 2.29. The number of halogens is 1. The molecule has 32 heavy (non-hydrogen) atoms. The SMILES string of the molecule is CCN1CCC(N(C)c2nc3cc(-c4cc(C)c5nc(C)cn5n4)cc(F)c3o2)CC1C. The number of anilines is 1. The summed E-state index contributed by atoms with van der Waals surface area (Å²) in [6.07, 6.45) is 3.94. The Balaban J connectivity index is 1.48. The summed E-state index contributed by atoms with van der Waals surface area (Å²) in [7, 11) is 1.99. The third kappa shape index (κ3) is 3.52. The highest BCUT2D eigenvalue weighted by Crippen LogP contribution is 2.32. The van der Waals surface area contributed by atoms with E-state index >= 15 is 4.39 Å². The average molecular weight is 437 g/mol. The third-order valence-electron chi connectivity index (χ3n) is 6.70. The Kier molecular flexibility index (Phi) is 5.12. The molecule has 5 rings (SSSR count). The van der Waals surface area contributed by atoms with Crippen molar-refractivity contribution in [2.24, 2.45) is 0 Å². The molecular formula is C24H29FN6O. The molecule has 0 amide bonds. The predicted molar refractivity (Wildman–Crippen MR) is 124 cm³/mol. The molecule has 168 valence electrons. The molecule has 1 fully saturated rings. The smallest absolute Gasteiger partial charge is 0.298 e. The fourth-order valence-corrected chi connectivity index (χ4v) is 4.84. The molecule has 2 atom stereocenters. The number of nitrogens with zero attached hydrogens (tertiary/aromatic N) is 6. The van der Waals surface area contributed by atoms with Crippen LogP contribution in [0.1, 0.15) is 37.9 Å². The van der Waals surface area contributed by atoms with E-state index in [1.165, 1.54) is 6.07 Å². The fourth-order valence-electron chi connectivity index (χ4n) is 4.84. The maximum Gasteiger partial charge on any atom is 0.298 e. The summed E-state index contributed by atoms with van der Waals surface area (Å²) in [6, 6.07) is 6.53. The lowest BCUT2D eigenvalue weighted by Gasteiger charge is -2.40. The van der Waals surface area contributed by atoms with Crippen LogP contribution >= 0.6 is 0 Å². The van der Waals surface area contributed by atoms with Crippen LogP contribution in [0.15, 0.2) is 28.8 Å². The van der Waals surface area contributed by atoms with Crippen molar-refractivity contribution >= 4 is 22.8 Å². The summed E-state index contributed by atoms with van der Waals surface area (Å²) in [5.74, 6) is -0.430. The second-order valence-electron chi connectivity index (χ2n) is 8.93. The number of aromatic nitrogens is 4. The van der Waals surface area contributed by atoms with E-state index in [4.69, 9.17) is 4.42 Å². The van der Waals surface area contributed by atoms with Crippen molar-refractivity contribution in [2.75, 3.05) is 25.0 Å². The first-order valence-corrected chi connectivity index (χ1v) is 11.2. The lowest BCUT2D eigenvalue weighted by Crippen LogP contribution is -2.48. The Morgan fingerprint density at radius 3 is 2.78 bits per heavy atom. The summed E-state index contributed by atoms with van der Waals surface area (Å²) < 4.78 is 22.6. The zero-order valence-electron chi connectivity index (χ0n) is 19.3. The van der Waals surface area contributed by atoms with Crippen LogP contribution in [-0.4, -0.2) is 56.7 Å². The number of imidazole rings is 1. The van der Waals surface area contributed by atoms with Gasteiger partial charge >= 0.3 is 0 Å². The van der Waals surface area contributed by atoms with Gasteiger partial charge in [-0.2, -0.15) is 10.1 Å². The standard InChI is InChI=1S/C24H29FN6O/c1-6-30-8-7-18(10-16(30)4)29(5)24-27-21-12-17(11-19(25)22(21)32-24)20-9-14(2)23-26-15(3)13-31(23)28-20/h9,11-13,16,18H,6-8,10H2,1-5H3. The van der Waals surface area contributed by atoms with Gasteiger partial charge in [-0.25, -0.2) is 13.9 Å². The molecule has 4 heterocycles. The molecule has 8 heteroatoms. The van der Waals surface area contributed by atoms with Gasteiger partial charge in [0.15, 0.2) is 17.0 Å². The number of rotatable bonds is 4. The van der Waals surface area contributed by atoms with Crippen molar-refractivity contribution in [3.05, 3.63) is 41.5 Å². The molecule has 2 unspecified atom stereocenters. The van der Waals surface area contributed by atoms with Crippen molar-refractivity contribution in [1.29, 1.82) is 0 Å². The molecule has 0 N–H and O–H groups in total. The summed E-state index contributed by atoms with van der Waals surface area (Å²) in [5.41, 5.74) is 4.71. The minimum Gasteiger partial charge on any atom is -0.420 e. The highest BCUT2D eigenvalue weighted by molar-refractivity contribution is 5.81. The predicted octanol–water partition coefficient (Wildman–Crippen LogP) is 4.60. The zero-order chi connectivity index (χ0) is 22.6. The monoisotopic (exact) mass is 436 g/mol. The van der Waals surface area contributed by atoms with Gasteiger partial charge < -0.3 is 14.2 Å². The number of likely N-dealkylation sites (tertiary alicyclic amines) is 1. The number of hydrogen-bond acceptors (Lipinski definition) is 6. The zero-order valence-corrected chi connectivity index (χ0v) is 19.3. The number of aryl methyl sites for hydroxylation is 2. The normalized spacial score (nSPS) is 19.8. The van der Waals surface area contributed by atoms with Crippen LogP contribution in [-0.2, 0) is 0 Å². The molecule has 0 aliphatic carbocycles. The minimum absolute atomic E-state index is 0.186. The molecule has 1 aromatic carbocycles. The van der Waals surface area contributed by atoms with E-state index in [2.05, 4.69) is 38.7 Å². The Morgan fingerprint density at radius 2 is 2.03 bits per heavy atom. The van der Waals surface area contributed by atoms with Crippen LogP contribution in [0.25, 0.3) is 28.0 Å². The number of piperidine rings is 1. The maximum absolute atomic E-state index is 15.0. The first kappa shape index (κ1) is 20.9. The van der Waals surface area contributed by atoms with Crippen molar-refractivity contribution < 1.29 is 8.81 Å². The molecule has 0 radical (unpaired) electrons. The molecule has 4 aromatic rings. The van der Waals surface area contributed by atoms with Crippen LogP contribution < -0.4 is 4.90 Å². The van der Waals surface area contributed by atoms with Gasteiger partial charge in [0.1, 0.15) is 5.52 Å². The van der Waals surface area contributed by atoms with Crippen LogP contribution in [0.2, 0.25) is 0 Å². The maximum atomic E-state index is 15.0. The average Bonchev–Trinajstić information content (AvgIpc) is 3.36. The van der Waals surface area contributed by atoms with Gasteiger partial charge in [0, 0.05) is 31.2 Å². The van der Waals surface area contributed by atoms with E-state index in [-0.39, 0.29) is 5.58 Å². The van der Waals surface area contributed by atoms with Crippen molar-refractivity contribution in [3.63, 3.8) is 0 Å². The summed E-state index contributed by atoms with van der Waals surface area (Å²) in [5, 5.41) is 4.63. The first-order chi connectivity index (χ1) is 15.3. The van der Waals surface area contributed by atoms with Gasteiger partial charge in [-0.1, -0.05) is 6.92 Å². The largest absolute Gasteiger partial charge is 0.420 e.